The summed E-state index contributed by atoms with van der Waals surface area (Å²) in [5.74, 6) is 0.0755. The molecule has 1 aromatic heterocycles. The molecule has 2 aromatic carbocycles. The van der Waals surface area contributed by atoms with Gasteiger partial charge >= 0.3 is 0 Å². The van der Waals surface area contributed by atoms with Gasteiger partial charge in [0.05, 0.1) is 12.8 Å². The fraction of sp³-hybridized carbons (Fsp3) is 0.111. The van der Waals surface area contributed by atoms with Gasteiger partial charge in [0.1, 0.15) is 11.6 Å². The molecule has 0 fully saturated rings. The molecular weight excluding hydrogens is 407 g/mol. The molecule has 126 valence electrons. The average molecular weight is 419 g/mol. The number of rotatable bonds is 3. The maximum absolute atomic E-state index is 13.0. The molecule has 0 radical (unpaired) electrons. The van der Waals surface area contributed by atoms with E-state index in [2.05, 4.69) is 26.2 Å². The number of thiazole rings is 1. The number of nitrogens with zero attached hydrogens (tertiary/aromatic N) is 1. The van der Waals surface area contributed by atoms with Crippen LogP contribution in [0.15, 0.2) is 40.9 Å². The number of hydrogen-bond donors (Lipinski definition) is 1. The lowest BCUT2D eigenvalue weighted by atomic mass is 10.1. The zero-order chi connectivity index (χ0) is 17.6. The molecule has 0 spiro atoms. The van der Waals surface area contributed by atoms with Gasteiger partial charge in [-0.2, -0.15) is 0 Å². The Hall–Kier alpha value is -2.25. The van der Waals surface area contributed by atoms with Gasteiger partial charge in [-0.3, -0.25) is 10.1 Å². The standard InChI is InChI=1S/C18H12BrFN2O2S/c1-24-13-7-6-12(19)11-8-14-16(15(11)13)21-18(25-14)22-17(23)9-2-4-10(20)5-3-9/h2-7H,8H2,1H3,(H,21,22,23). The third-order valence-electron chi connectivity index (χ3n) is 4.04. The van der Waals surface area contributed by atoms with E-state index in [1.54, 1.807) is 7.11 Å². The first-order valence-corrected chi connectivity index (χ1v) is 9.10. The molecule has 4 nitrogen and oxygen atoms in total. The van der Waals surface area contributed by atoms with Gasteiger partial charge in [0.2, 0.25) is 0 Å². The number of carbonyl (C=O) groups excluding carboxylic acids is 1. The number of benzene rings is 2. The van der Waals surface area contributed by atoms with E-state index in [9.17, 15) is 9.18 Å². The van der Waals surface area contributed by atoms with Gasteiger partial charge in [-0.15, -0.1) is 11.3 Å². The van der Waals surface area contributed by atoms with Crippen LogP contribution in [0.3, 0.4) is 0 Å². The van der Waals surface area contributed by atoms with E-state index in [0.717, 1.165) is 38.3 Å². The van der Waals surface area contributed by atoms with E-state index in [1.165, 1.54) is 35.6 Å². The highest BCUT2D eigenvalue weighted by Crippen LogP contribution is 2.48. The van der Waals surface area contributed by atoms with Crippen LogP contribution < -0.4 is 10.1 Å². The van der Waals surface area contributed by atoms with Crippen LogP contribution in [0.1, 0.15) is 20.8 Å². The van der Waals surface area contributed by atoms with Crippen molar-refractivity contribution in [3.05, 3.63) is 62.7 Å². The maximum Gasteiger partial charge on any atom is 0.257 e. The van der Waals surface area contributed by atoms with Crippen molar-refractivity contribution in [3.8, 4) is 17.0 Å². The minimum Gasteiger partial charge on any atom is -0.496 e. The van der Waals surface area contributed by atoms with Crippen molar-refractivity contribution in [2.24, 2.45) is 0 Å². The molecule has 1 aliphatic rings. The summed E-state index contributed by atoms with van der Waals surface area (Å²) in [5.41, 5.74) is 3.33. The van der Waals surface area contributed by atoms with Gasteiger partial charge in [-0.05, 0) is 42.0 Å². The summed E-state index contributed by atoms with van der Waals surface area (Å²) in [5, 5.41) is 3.30. The summed E-state index contributed by atoms with van der Waals surface area (Å²) in [6.45, 7) is 0. The van der Waals surface area contributed by atoms with E-state index in [1.807, 2.05) is 12.1 Å². The molecule has 1 N–H and O–H groups in total. The fourth-order valence-electron chi connectivity index (χ4n) is 2.85. The number of amides is 1. The lowest BCUT2D eigenvalue weighted by molar-refractivity contribution is 0.102. The zero-order valence-corrected chi connectivity index (χ0v) is 15.5. The molecule has 1 heterocycles. The van der Waals surface area contributed by atoms with Crippen LogP contribution in [0.25, 0.3) is 11.3 Å². The summed E-state index contributed by atoms with van der Waals surface area (Å²) < 4.78 is 19.5. The van der Waals surface area contributed by atoms with Crippen LogP contribution in [0, 0.1) is 5.82 Å². The molecule has 0 unspecified atom stereocenters. The highest BCUT2D eigenvalue weighted by molar-refractivity contribution is 9.10. The smallest absolute Gasteiger partial charge is 0.257 e. The maximum atomic E-state index is 13.0. The Kier molecular flexibility index (Phi) is 4.05. The van der Waals surface area contributed by atoms with Crippen molar-refractivity contribution in [2.75, 3.05) is 12.4 Å². The predicted molar refractivity (Wildman–Crippen MR) is 99.0 cm³/mol. The molecule has 0 aliphatic heterocycles. The van der Waals surface area contributed by atoms with Crippen LogP contribution in [-0.4, -0.2) is 18.0 Å². The van der Waals surface area contributed by atoms with Gasteiger partial charge < -0.3 is 4.74 Å². The van der Waals surface area contributed by atoms with Crippen molar-refractivity contribution in [1.82, 2.24) is 4.98 Å². The third-order valence-corrected chi connectivity index (χ3v) is 5.75. The number of anilines is 1. The topological polar surface area (TPSA) is 51.2 Å². The monoisotopic (exact) mass is 418 g/mol. The van der Waals surface area contributed by atoms with Gasteiger partial charge in [0, 0.05) is 26.9 Å². The Balaban J connectivity index is 1.65. The number of ether oxygens (including phenoxy) is 1. The molecule has 1 aliphatic carbocycles. The summed E-state index contributed by atoms with van der Waals surface area (Å²) >= 11 is 5.01. The number of aromatic nitrogens is 1. The summed E-state index contributed by atoms with van der Waals surface area (Å²) in [7, 11) is 1.63. The van der Waals surface area contributed by atoms with Crippen LogP contribution in [0.5, 0.6) is 5.75 Å². The molecule has 4 rings (SSSR count). The van der Waals surface area contributed by atoms with Crippen LogP contribution >= 0.6 is 27.3 Å². The second-order valence-corrected chi connectivity index (χ2v) is 7.47. The number of carbonyl (C=O) groups is 1. The number of fused-ring (bicyclic) bond motifs is 3. The van der Waals surface area contributed by atoms with Crippen LogP contribution in [0.2, 0.25) is 0 Å². The average Bonchev–Trinajstić information content (AvgIpc) is 3.14. The summed E-state index contributed by atoms with van der Waals surface area (Å²) in [4.78, 5) is 17.9. The Morgan fingerprint density at radius 3 is 2.76 bits per heavy atom. The first-order valence-electron chi connectivity index (χ1n) is 7.49. The number of hydrogen-bond acceptors (Lipinski definition) is 4. The van der Waals surface area contributed by atoms with Crippen molar-refractivity contribution in [2.45, 2.75) is 6.42 Å². The molecule has 25 heavy (non-hydrogen) atoms. The van der Waals surface area contributed by atoms with Crippen molar-refractivity contribution >= 4 is 38.3 Å². The van der Waals surface area contributed by atoms with Crippen molar-refractivity contribution in [1.29, 1.82) is 0 Å². The number of halogens is 2. The van der Waals surface area contributed by atoms with E-state index in [4.69, 9.17) is 4.74 Å². The lowest BCUT2D eigenvalue weighted by Crippen LogP contribution is -2.11. The van der Waals surface area contributed by atoms with Crippen molar-refractivity contribution < 1.29 is 13.9 Å². The summed E-state index contributed by atoms with van der Waals surface area (Å²) in [6.07, 6.45) is 0.743. The number of nitrogens with one attached hydrogen (secondary N) is 1. The van der Waals surface area contributed by atoms with E-state index >= 15 is 0 Å². The van der Waals surface area contributed by atoms with Gasteiger partial charge in [-0.1, -0.05) is 15.9 Å². The molecule has 7 heteroatoms. The quantitative estimate of drug-likeness (QED) is 0.515. The first-order chi connectivity index (χ1) is 12.1. The third kappa shape index (κ3) is 2.83. The minimum absolute atomic E-state index is 0.311. The van der Waals surface area contributed by atoms with Gasteiger partial charge in [0.15, 0.2) is 5.13 Å². The Bertz CT molecular complexity index is 985. The fourth-order valence-corrected chi connectivity index (χ4v) is 4.30. The molecule has 1 amide bonds. The molecular formula is C18H12BrFN2O2S. The highest BCUT2D eigenvalue weighted by Gasteiger charge is 2.29. The largest absolute Gasteiger partial charge is 0.496 e. The minimum atomic E-state index is -0.376. The molecule has 0 atom stereocenters. The zero-order valence-electron chi connectivity index (χ0n) is 13.1. The van der Waals surface area contributed by atoms with Crippen molar-refractivity contribution in [3.63, 3.8) is 0 Å². The van der Waals surface area contributed by atoms with E-state index in [0.29, 0.717) is 10.7 Å². The first kappa shape index (κ1) is 16.2. The summed E-state index contributed by atoms with van der Waals surface area (Å²) in [6, 6.07) is 9.27. The highest BCUT2D eigenvalue weighted by atomic mass is 79.9. The van der Waals surface area contributed by atoms with E-state index in [-0.39, 0.29) is 11.7 Å². The SMILES string of the molecule is COc1ccc(Br)c2c1-c1nc(NC(=O)c3ccc(F)cc3)sc1C2. The predicted octanol–water partition coefficient (Wildman–Crippen LogP) is 4.88. The molecule has 0 saturated heterocycles. The van der Waals surface area contributed by atoms with Crippen LogP contribution in [0.4, 0.5) is 9.52 Å². The Morgan fingerprint density at radius 2 is 2.04 bits per heavy atom. The Morgan fingerprint density at radius 1 is 1.28 bits per heavy atom. The molecule has 0 bridgehead atoms. The second kappa shape index (κ2) is 6.24. The van der Waals surface area contributed by atoms with Crippen LogP contribution in [-0.2, 0) is 6.42 Å². The van der Waals surface area contributed by atoms with Gasteiger partial charge in [-0.25, -0.2) is 9.37 Å². The normalized spacial score (nSPS) is 11.8. The number of methoxy groups -OCH3 is 1. The van der Waals surface area contributed by atoms with E-state index < -0.39 is 0 Å². The lowest BCUT2D eigenvalue weighted by Gasteiger charge is -2.09. The van der Waals surface area contributed by atoms with Gasteiger partial charge in [0.25, 0.3) is 5.91 Å². The molecule has 0 saturated carbocycles. The second-order valence-electron chi connectivity index (χ2n) is 5.53. The molecule has 3 aromatic rings. The Labute approximate surface area is 155 Å².